The molecule has 2 aliphatic rings. The zero-order valence-corrected chi connectivity index (χ0v) is 14.2. The Hall–Kier alpha value is -2.34. The summed E-state index contributed by atoms with van der Waals surface area (Å²) in [6.45, 7) is 2.23. The lowest BCUT2D eigenvalue weighted by Crippen LogP contribution is -2.02. The van der Waals surface area contributed by atoms with E-state index in [2.05, 4.69) is 15.3 Å². The summed E-state index contributed by atoms with van der Waals surface area (Å²) in [5.74, 6) is 3.26. The summed E-state index contributed by atoms with van der Waals surface area (Å²) in [4.78, 5) is 11.9. The second-order valence-electron chi connectivity index (χ2n) is 6.20. The van der Waals surface area contributed by atoms with Gasteiger partial charge in [-0.3, -0.25) is 0 Å². The van der Waals surface area contributed by atoms with Gasteiger partial charge in [0.2, 0.25) is 6.79 Å². The number of hydrogen-bond donors (Lipinski definition) is 1. The molecule has 0 atom stereocenters. The van der Waals surface area contributed by atoms with Gasteiger partial charge in [0, 0.05) is 16.6 Å². The van der Waals surface area contributed by atoms with Crippen LogP contribution in [0.2, 0.25) is 0 Å². The molecule has 122 valence electrons. The largest absolute Gasteiger partial charge is 0.454 e. The van der Waals surface area contributed by atoms with Gasteiger partial charge in [0.1, 0.15) is 16.5 Å². The highest BCUT2D eigenvalue weighted by molar-refractivity contribution is 7.19. The molecule has 2 aromatic heterocycles. The molecule has 1 aliphatic carbocycles. The minimum Gasteiger partial charge on any atom is -0.454 e. The Bertz CT molecular complexity index is 951. The van der Waals surface area contributed by atoms with Crippen LogP contribution >= 0.6 is 11.3 Å². The van der Waals surface area contributed by atoms with Crippen molar-refractivity contribution in [3.63, 3.8) is 0 Å². The molecule has 0 saturated carbocycles. The van der Waals surface area contributed by atoms with Crippen molar-refractivity contribution < 1.29 is 9.47 Å². The van der Waals surface area contributed by atoms with E-state index in [9.17, 15) is 0 Å². The molecule has 0 bridgehead atoms. The van der Waals surface area contributed by atoms with Crippen LogP contribution in [0.5, 0.6) is 11.5 Å². The van der Waals surface area contributed by atoms with Gasteiger partial charge in [0.25, 0.3) is 0 Å². The Kier molecular flexibility index (Phi) is 3.13. The van der Waals surface area contributed by atoms with E-state index < -0.39 is 0 Å². The monoisotopic (exact) mass is 339 g/mol. The third-order valence-corrected chi connectivity index (χ3v) is 5.75. The maximum atomic E-state index is 5.47. The summed E-state index contributed by atoms with van der Waals surface area (Å²) in [6, 6.07) is 5.89. The summed E-state index contributed by atoms with van der Waals surface area (Å²) in [7, 11) is 0. The van der Waals surface area contributed by atoms with Crippen LogP contribution in [0.15, 0.2) is 18.2 Å². The Balaban J connectivity index is 1.62. The minimum atomic E-state index is 0.285. The predicted molar refractivity (Wildman–Crippen MR) is 94.6 cm³/mol. The van der Waals surface area contributed by atoms with E-state index in [0.717, 1.165) is 40.1 Å². The Morgan fingerprint density at radius 2 is 1.96 bits per heavy atom. The topological polar surface area (TPSA) is 56.3 Å². The molecule has 6 heteroatoms. The van der Waals surface area contributed by atoms with Crippen LogP contribution in [-0.4, -0.2) is 16.8 Å². The first-order valence-corrected chi connectivity index (χ1v) is 9.05. The molecular formula is C18H17N3O2S. The second-order valence-corrected chi connectivity index (χ2v) is 7.29. The van der Waals surface area contributed by atoms with E-state index in [1.165, 1.54) is 35.1 Å². The number of fused-ring (bicyclic) bond motifs is 4. The van der Waals surface area contributed by atoms with Gasteiger partial charge in [-0.05, 0) is 50.3 Å². The molecule has 0 spiro atoms. The molecule has 0 fully saturated rings. The third-order valence-electron chi connectivity index (χ3n) is 4.56. The Morgan fingerprint density at radius 1 is 1.08 bits per heavy atom. The number of nitrogens with one attached hydrogen (secondary N) is 1. The first-order valence-electron chi connectivity index (χ1n) is 8.23. The second kappa shape index (κ2) is 5.34. The maximum Gasteiger partial charge on any atom is 0.231 e. The lowest BCUT2D eigenvalue weighted by molar-refractivity contribution is 0.174. The van der Waals surface area contributed by atoms with Crippen LogP contribution in [0.25, 0.3) is 10.2 Å². The van der Waals surface area contributed by atoms with Crippen molar-refractivity contribution in [2.24, 2.45) is 0 Å². The van der Waals surface area contributed by atoms with Crippen molar-refractivity contribution in [1.82, 2.24) is 9.97 Å². The van der Waals surface area contributed by atoms with Crippen LogP contribution in [-0.2, 0) is 12.8 Å². The fraction of sp³-hybridized carbons (Fsp3) is 0.333. The average molecular weight is 339 g/mol. The fourth-order valence-electron chi connectivity index (χ4n) is 3.47. The van der Waals surface area contributed by atoms with E-state index in [0.29, 0.717) is 0 Å². The number of anilines is 2. The molecular weight excluding hydrogens is 322 g/mol. The molecule has 0 unspecified atom stereocenters. The normalized spacial score (nSPS) is 15.5. The Morgan fingerprint density at radius 3 is 2.92 bits per heavy atom. The average Bonchev–Trinajstić information content (AvgIpc) is 3.17. The lowest BCUT2D eigenvalue weighted by Gasteiger charge is -2.13. The van der Waals surface area contributed by atoms with Crippen molar-refractivity contribution in [2.75, 3.05) is 12.1 Å². The molecule has 0 amide bonds. The van der Waals surface area contributed by atoms with Gasteiger partial charge < -0.3 is 14.8 Å². The summed E-state index contributed by atoms with van der Waals surface area (Å²) in [5.41, 5.74) is 2.39. The molecule has 5 nitrogen and oxygen atoms in total. The summed E-state index contributed by atoms with van der Waals surface area (Å²) < 4.78 is 10.9. The van der Waals surface area contributed by atoms with Gasteiger partial charge >= 0.3 is 0 Å². The summed E-state index contributed by atoms with van der Waals surface area (Å²) >= 11 is 1.82. The predicted octanol–water partition coefficient (Wildman–Crippen LogP) is 4.35. The quantitative estimate of drug-likeness (QED) is 0.752. The number of thiophene rings is 1. The van der Waals surface area contributed by atoms with E-state index >= 15 is 0 Å². The van der Waals surface area contributed by atoms with E-state index in [1.54, 1.807) is 0 Å². The van der Waals surface area contributed by atoms with Gasteiger partial charge in [-0.15, -0.1) is 11.3 Å². The molecule has 3 heterocycles. The van der Waals surface area contributed by atoms with Crippen LogP contribution < -0.4 is 14.8 Å². The summed E-state index contributed by atoms with van der Waals surface area (Å²) in [5, 5.41) is 4.67. The number of aryl methyl sites for hydroxylation is 3. The van der Waals surface area contributed by atoms with E-state index in [-0.39, 0.29) is 6.79 Å². The Labute approximate surface area is 143 Å². The van der Waals surface area contributed by atoms with Crippen LogP contribution in [0.3, 0.4) is 0 Å². The number of ether oxygens (including phenoxy) is 2. The molecule has 1 aromatic carbocycles. The van der Waals surface area contributed by atoms with Gasteiger partial charge in [-0.1, -0.05) is 0 Å². The summed E-state index contributed by atoms with van der Waals surface area (Å²) in [6.07, 6.45) is 4.81. The highest BCUT2D eigenvalue weighted by Gasteiger charge is 2.21. The van der Waals surface area contributed by atoms with E-state index in [1.807, 2.05) is 36.5 Å². The SMILES string of the molecule is Cc1nc(Nc2ccc3c(c2)OCO3)c2c3c(sc2n1)CCCC3. The molecule has 24 heavy (non-hydrogen) atoms. The van der Waals surface area contributed by atoms with Crippen molar-refractivity contribution in [3.05, 3.63) is 34.5 Å². The minimum absolute atomic E-state index is 0.285. The fourth-order valence-corrected chi connectivity index (χ4v) is 4.77. The standard InChI is InChI=1S/C18H17N3O2S/c1-10-19-17(21-11-6-7-13-14(8-11)23-9-22-13)16-12-4-2-3-5-15(12)24-18(16)20-10/h6-8H,2-5,9H2,1H3,(H,19,20,21). The third kappa shape index (κ3) is 2.21. The molecule has 1 N–H and O–H groups in total. The van der Waals surface area contributed by atoms with Crippen molar-refractivity contribution in [3.8, 4) is 11.5 Å². The number of hydrogen-bond acceptors (Lipinski definition) is 6. The first-order chi connectivity index (χ1) is 11.8. The zero-order chi connectivity index (χ0) is 16.1. The van der Waals surface area contributed by atoms with Crippen molar-refractivity contribution in [2.45, 2.75) is 32.6 Å². The highest BCUT2D eigenvalue weighted by atomic mass is 32.1. The number of aromatic nitrogens is 2. The molecule has 0 radical (unpaired) electrons. The molecule has 3 aromatic rings. The maximum absolute atomic E-state index is 5.47. The molecule has 0 saturated heterocycles. The van der Waals surface area contributed by atoms with Crippen LogP contribution in [0, 0.1) is 6.92 Å². The van der Waals surface area contributed by atoms with Gasteiger partial charge in [0.15, 0.2) is 11.5 Å². The van der Waals surface area contributed by atoms with Crippen molar-refractivity contribution >= 4 is 33.1 Å². The van der Waals surface area contributed by atoms with Gasteiger partial charge in [0.05, 0.1) is 5.39 Å². The smallest absolute Gasteiger partial charge is 0.231 e. The molecule has 5 rings (SSSR count). The van der Waals surface area contributed by atoms with Gasteiger partial charge in [-0.25, -0.2) is 9.97 Å². The van der Waals surface area contributed by atoms with Gasteiger partial charge in [-0.2, -0.15) is 0 Å². The number of benzene rings is 1. The zero-order valence-electron chi connectivity index (χ0n) is 13.4. The van der Waals surface area contributed by atoms with Crippen LogP contribution in [0.1, 0.15) is 29.1 Å². The number of nitrogens with zero attached hydrogens (tertiary/aromatic N) is 2. The highest BCUT2D eigenvalue weighted by Crippen LogP contribution is 2.40. The number of rotatable bonds is 2. The first kappa shape index (κ1) is 14.0. The van der Waals surface area contributed by atoms with E-state index in [4.69, 9.17) is 9.47 Å². The van der Waals surface area contributed by atoms with Crippen molar-refractivity contribution in [1.29, 1.82) is 0 Å². The lowest BCUT2D eigenvalue weighted by atomic mass is 9.97. The van der Waals surface area contributed by atoms with Crippen LogP contribution in [0.4, 0.5) is 11.5 Å². The molecule has 1 aliphatic heterocycles.